The van der Waals surface area contributed by atoms with Gasteiger partial charge in [0.25, 0.3) is 0 Å². The van der Waals surface area contributed by atoms with Gasteiger partial charge >= 0.3 is 0 Å². The number of hydrogen-bond acceptors (Lipinski definition) is 3. The molecule has 1 aliphatic heterocycles. The molecule has 0 saturated heterocycles. The number of benzene rings is 4. The molecular weight excluding hydrogens is 452 g/mol. The molecule has 0 unspecified atom stereocenters. The van der Waals surface area contributed by atoms with Crippen molar-refractivity contribution in [3.05, 3.63) is 106 Å². The molecule has 0 saturated carbocycles. The Bertz CT molecular complexity index is 1230. The topological polar surface area (TPSA) is 27.7 Å². The molecule has 3 nitrogen and oxygen atoms in total. The normalized spacial score (nSPS) is 14.0. The molecule has 5 rings (SSSR count). The van der Waals surface area contributed by atoms with E-state index in [-0.39, 0.29) is 0 Å². The summed E-state index contributed by atoms with van der Waals surface area (Å²) in [5.74, 6) is 2.49. The minimum atomic E-state index is -0.776. The first-order valence-electron chi connectivity index (χ1n) is 10.0. The summed E-state index contributed by atoms with van der Waals surface area (Å²) < 4.78 is 18.7. The Labute approximate surface area is 190 Å². The number of rotatable bonds is 4. The molecule has 4 aromatic rings. The molecule has 4 heteroatoms. The Hall–Kier alpha value is -3.24. The predicted molar refractivity (Wildman–Crippen MR) is 128 cm³/mol. The zero-order chi connectivity index (χ0) is 21.4. The van der Waals surface area contributed by atoms with Gasteiger partial charge in [-0.2, -0.15) is 0 Å². The molecule has 0 N–H and O–H groups in total. The summed E-state index contributed by atoms with van der Waals surface area (Å²) in [6.07, 6.45) is 4.27. The smallest absolute Gasteiger partial charge is 0.178 e. The highest BCUT2D eigenvalue weighted by Gasteiger charge is 2.38. The Morgan fingerprint density at radius 1 is 0.742 bits per heavy atom. The predicted octanol–water partition coefficient (Wildman–Crippen LogP) is 6.97. The maximum atomic E-state index is 6.92. The van der Waals surface area contributed by atoms with E-state index in [1.54, 1.807) is 14.2 Å². The van der Waals surface area contributed by atoms with Gasteiger partial charge in [0.05, 0.1) is 14.2 Å². The second-order valence-electron chi connectivity index (χ2n) is 7.45. The Balaban J connectivity index is 1.74. The number of fused-ring (bicyclic) bond motifs is 3. The van der Waals surface area contributed by atoms with Gasteiger partial charge in [0.2, 0.25) is 0 Å². The maximum Gasteiger partial charge on any atom is 0.178 e. The van der Waals surface area contributed by atoms with Gasteiger partial charge in [-0.15, -0.1) is 0 Å². The summed E-state index contributed by atoms with van der Waals surface area (Å²) in [5.41, 5.74) is 2.31. The van der Waals surface area contributed by atoms with E-state index in [1.807, 2.05) is 36.4 Å². The fraction of sp³-hybridized carbons (Fsp3) is 0.111. The maximum absolute atomic E-state index is 6.92. The molecule has 31 heavy (non-hydrogen) atoms. The number of halogens is 1. The summed E-state index contributed by atoms with van der Waals surface area (Å²) in [5, 5.41) is 2.19. The lowest BCUT2D eigenvalue weighted by Crippen LogP contribution is -2.34. The second-order valence-corrected chi connectivity index (χ2v) is 8.30. The molecule has 0 aromatic heterocycles. The highest BCUT2D eigenvalue weighted by atomic mass is 79.9. The van der Waals surface area contributed by atoms with Crippen LogP contribution in [0.1, 0.15) is 16.7 Å². The summed E-state index contributed by atoms with van der Waals surface area (Å²) >= 11 is 3.71. The molecule has 1 aliphatic rings. The Morgan fingerprint density at radius 2 is 1.29 bits per heavy atom. The van der Waals surface area contributed by atoms with Gasteiger partial charge in [-0.1, -0.05) is 70.5 Å². The van der Waals surface area contributed by atoms with Crippen molar-refractivity contribution in [2.24, 2.45) is 0 Å². The van der Waals surface area contributed by atoms with E-state index in [2.05, 4.69) is 70.5 Å². The lowest BCUT2D eigenvalue weighted by molar-refractivity contribution is 0.163. The van der Waals surface area contributed by atoms with E-state index in [0.717, 1.165) is 49.2 Å². The molecule has 0 atom stereocenters. The first-order chi connectivity index (χ1) is 15.1. The fourth-order valence-corrected chi connectivity index (χ4v) is 4.71. The highest BCUT2D eigenvalue weighted by molar-refractivity contribution is 9.10. The molecule has 154 valence electrons. The largest absolute Gasteiger partial charge is 0.497 e. The first-order valence-corrected chi connectivity index (χ1v) is 10.8. The molecule has 0 aliphatic carbocycles. The molecular formula is C27H21BrO3. The van der Waals surface area contributed by atoms with Crippen molar-refractivity contribution in [1.82, 2.24) is 0 Å². The Kier molecular flexibility index (Phi) is 4.95. The van der Waals surface area contributed by atoms with Gasteiger partial charge in [-0.05, 0) is 41.8 Å². The summed E-state index contributed by atoms with van der Waals surface area (Å²) in [4.78, 5) is 0. The van der Waals surface area contributed by atoms with Crippen molar-refractivity contribution in [2.45, 2.75) is 5.60 Å². The van der Waals surface area contributed by atoms with Crippen molar-refractivity contribution in [3.8, 4) is 17.2 Å². The van der Waals surface area contributed by atoms with Gasteiger partial charge in [0, 0.05) is 26.5 Å². The average Bonchev–Trinajstić information content (AvgIpc) is 2.84. The summed E-state index contributed by atoms with van der Waals surface area (Å²) in [6, 6.07) is 26.5. The van der Waals surface area contributed by atoms with Crippen LogP contribution in [0.2, 0.25) is 0 Å². The quantitative estimate of drug-likeness (QED) is 0.321. The van der Waals surface area contributed by atoms with Crippen molar-refractivity contribution in [3.63, 3.8) is 0 Å². The van der Waals surface area contributed by atoms with E-state index in [4.69, 9.17) is 14.2 Å². The third-order valence-electron chi connectivity index (χ3n) is 5.77. The summed E-state index contributed by atoms with van der Waals surface area (Å²) in [7, 11) is 3.34. The average molecular weight is 473 g/mol. The first kappa shape index (κ1) is 19.7. The van der Waals surface area contributed by atoms with Gasteiger partial charge in [0.15, 0.2) is 5.60 Å². The minimum absolute atomic E-state index is 0.776. The number of hydrogen-bond donors (Lipinski definition) is 0. The van der Waals surface area contributed by atoms with Gasteiger partial charge in [-0.25, -0.2) is 0 Å². The van der Waals surface area contributed by atoms with Crippen LogP contribution in [0.5, 0.6) is 17.2 Å². The summed E-state index contributed by atoms with van der Waals surface area (Å²) in [6.45, 7) is 0. The second kappa shape index (κ2) is 7.78. The van der Waals surface area contributed by atoms with Crippen LogP contribution in [-0.2, 0) is 5.60 Å². The van der Waals surface area contributed by atoms with Crippen LogP contribution in [0.4, 0.5) is 0 Å². The van der Waals surface area contributed by atoms with Crippen LogP contribution in [0, 0.1) is 0 Å². The molecule has 1 heterocycles. The molecule has 0 radical (unpaired) electrons. The lowest BCUT2D eigenvalue weighted by Gasteiger charge is -2.37. The van der Waals surface area contributed by atoms with Gasteiger partial charge in [0.1, 0.15) is 17.2 Å². The molecule has 0 spiro atoms. The van der Waals surface area contributed by atoms with Crippen LogP contribution in [0.25, 0.3) is 16.8 Å². The van der Waals surface area contributed by atoms with E-state index in [9.17, 15) is 0 Å². The van der Waals surface area contributed by atoms with Crippen molar-refractivity contribution >= 4 is 32.8 Å². The number of ether oxygens (including phenoxy) is 3. The van der Waals surface area contributed by atoms with Crippen molar-refractivity contribution in [1.29, 1.82) is 0 Å². The standard InChI is InChI=1S/C27H21BrO3/c1-29-21-11-7-19(8-12-21)27(20-9-13-22(30-2)14-10-20)16-15-18-17-25(28)23-5-3-4-6-24(23)26(18)31-27/h3-17H,1-2H3. The van der Waals surface area contributed by atoms with E-state index in [0.29, 0.717) is 0 Å². The van der Waals surface area contributed by atoms with Crippen LogP contribution >= 0.6 is 15.9 Å². The monoisotopic (exact) mass is 472 g/mol. The van der Waals surface area contributed by atoms with Gasteiger partial charge in [-0.3, -0.25) is 0 Å². The zero-order valence-electron chi connectivity index (χ0n) is 17.3. The number of methoxy groups -OCH3 is 2. The highest BCUT2D eigenvalue weighted by Crippen LogP contribution is 2.46. The van der Waals surface area contributed by atoms with Crippen LogP contribution in [0.15, 0.2) is 89.4 Å². The van der Waals surface area contributed by atoms with Crippen LogP contribution in [-0.4, -0.2) is 14.2 Å². The third kappa shape index (κ3) is 3.28. The van der Waals surface area contributed by atoms with E-state index >= 15 is 0 Å². The molecule has 4 aromatic carbocycles. The van der Waals surface area contributed by atoms with Gasteiger partial charge < -0.3 is 14.2 Å². The Morgan fingerprint density at radius 3 is 1.84 bits per heavy atom. The third-order valence-corrected chi connectivity index (χ3v) is 6.43. The SMILES string of the molecule is COc1ccc(C2(c3ccc(OC)cc3)C=Cc3cc(Br)c4ccccc4c3O2)cc1. The van der Waals surface area contributed by atoms with E-state index < -0.39 is 5.60 Å². The fourth-order valence-electron chi connectivity index (χ4n) is 4.12. The van der Waals surface area contributed by atoms with Crippen LogP contribution < -0.4 is 14.2 Å². The zero-order valence-corrected chi connectivity index (χ0v) is 18.8. The van der Waals surface area contributed by atoms with Crippen molar-refractivity contribution < 1.29 is 14.2 Å². The lowest BCUT2D eigenvalue weighted by atomic mass is 9.83. The molecule has 0 bridgehead atoms. The van der Waals surface area contributed by atoms with Crippen LogP contribution in [0.3, 0.4) is 0 Å². The van der Waals surface area contributed by atoms with E-state index in [1.165, 1.54) is 0 Å². The van der Waals surface area contributed by atoms with Crippen molar-refractivity contribution in [2.75, 3.05) is 14.2 Å². The molecule has 0 amide bonds. The minimum Gasteiger partial charge on any atom is -0.497 e. The molecule has 0 fully saturated rings.